The molecule has 8 heteroatoms. The molecular weight excluding hydrogens is 286 g/mol. The number of amides is 1. The quantitative estimate of drug-likeness (QED) is 0.443. The lowest BCUT2D eigenvalue weighted by Crippen LogP contribution is -2.28. The Morgan fingerprint density at radius 3 is 2.82 bits per heavy atom. The number of hydrogen-bond donors (Lipinski definition) is 0. The van der Waals surface area contributed by atoms with Crippen LogP contribution in [0.15, 0.2) is 11.8 Å². The molecule has 8 nitrogen and oxygen atoms in total. The third-order valence-corrected chi connectivity index (χ3v) is 3.74. The minimum atomic E-state index is -0.487. The summed E-state index contributed by atoms with van der Waals surface area (Å²) in [7, 11) is 5.59. The van der Waals surface area contributed by atoms with Crippen molar-refractivity contribution >= 4 is 17.8 Å². The molecule has 22 heavy (non-hydrogen) atoms. The Bertz CT molecular complexity index is 606. The van der Waals surface area contributed by atoms with Crippen LogP contribution in [0.2, 0.25) is 0 Å². The molecule has 120 valence electrons. The summed E-state index contributed by atoms with van der Waals surface area (Å²) < 4.78 is 1.38. The molecule has 0 unspecified atom stereocenters. The van der Waals surface area contributed by atoms with Crippen molar-refractivity contribution < 1.29 is 9.72 Å². The van der Waals surface area contributed by atoms with Gasteiger partial charge in [-0.3, -0.25) is 4.79 Å². The van der Waals surface area contributed by atoms with Gasteiger partial charge >= 0.3 is 5.82 Å². The van der Waals surface area contributed by atoms with E-state index in [1.165, 1.54) is 10.8 Å². The van der Waals surface area contributed by atoms with E-state index >= 15 is 0 Å². The number of hydrogen-bond acceptors (Lipinski definition) is 5. The fourth-order valence-electron chi connectivity index (χ4n) is 2.47. The topological polar surface area (TPSA) is 84.5 Å². The molecule has 1 aliphatic rings. The van der Waals surface area contributed by atoms with E-state index < -0.39 is 4.92 Å². The monoisotopic (exact) mass is 307 g/mol. The van der Waals surface area contributed by atoms with Gasteiger partial charge in [0.1, 0.15) is 6.20 Å². The van der Waals surface area contributed by atoms with Crippen molar-refractivity contribution in [3.63, 3.8) is 0 Å². The van der Waals surface area contributed by atoms with Crippen LogP contribution in [0.1, 0.15) is 18.7 Å². The van der Waals surface area contributed by atoms with Crippen LogP contribution in [0.25, 0.3) is 6.08 Å². The second kappa shape index (κ2) is 6.69. The molecule has 1 aliphatic heterocycles. The lowest BCUT2D eigenvalue weighted by molar-refractivity contribution is -0.391. The number of likely N-dealkylation sites (tertiary alicyclic amines) is 1. The van der Waals surface area contributed by atoms with Crippen LogP contribution in [0.5, 0.6) is 0 Å². The van der Waals surface area contributed by atoms with E-state index in [4.69, 9.17) is 0 Å². The van der Waals surface area contributed by atoms with Gasteiger partial charge in [-0.05, 0) is 38.4 Å². The van der Waals surface area contributed by atoms with Crippen LogP contribution >= 0.6 is 0 Å². The van der Waals surface area contributed by atoms with Gasteiger partial charge in [0.15, 0.2) is 0 Å². The Morgan fingerprint density at radius 2 is 2.23 bits per heavy atom. The number of rotatable bonds is 6. The molecule has 0 N–H and O–H groups in total. The predicted molar refractivity (Wildman–Crippen MR) is 82.2 cm³/mol. The fourth-order valence-corrected chi connectivity index (χ4v) is 2.47. The molecule has 0 saturated carbocycles. The van der Waals surface area contributed by atoms with Crippen LogP contribution in [0.4, 0.5) is 5.82 Å². The van der Waals surface area contributed by atoms with Gasteiger partial charge in [0.2, 0.25) is 11.7 Å². The third kappa shape index (κ3) is 3.51. The van der Waals surface area contributed by atoms with E-state index in [2.05, 4.69) is 9.88 Å². The van der Waals surface area contributed by atoms with E-state index in [9.17, 15) is 14.9 Å². The number of nitro groups is 1. The number of imidazole rings is 1. The highest BCUT2D eigenvalue weighted by molar-refractivity contribution is 5.99. The second-order valence-corrected chi connectivity index (χ2v) is 5.66. The Labute approximate surface area is 129 Å². The highest BCUT2D eigenvalue weighted by Crippen LogP contribution is 2.21. The average molecular weight is 307 g/mol. The van der Waals surface area contributed by atoms with Crippen molar-refractivity contribution in [3.05, 3.63) is 27.7 Å². The van der Waals surface area contributed by atoms with Gasteiger partial charge in [-0.1, -0.05) is 0 Å². The van der Waals surface area contributed by atoms with Crippen molar-refractivity contribution in [2.24, 2.45) is 7.05 Å². The third-order valence-electron chi connectivity index (χ3n) is 3.74. The van der Waals surface area contributed by atoms with Crippen molar-refractivity contribution in [2.75, 3.05) is 33.7 Å². The first-order valence-corrected chi connectivity index (χ1v) is 7.21. The summed E-state index contributed by atoms with van der Waals surface area (Å²) in [5.41, 5.74) is 0.661. The normalized spacial score (nSPS) is 17.0. The van der Waals surface area contributed by atoms with E-state index in [-0.39, 0.29) is 11.7 Å². The Morgan fingerprint density at radius 1 is 1.50 bits per heavy atom. The summed E-state index contributed by atoms with van der Waals surface area (Å²) in [5, 5.41) is 10.8. The Balaban J connectivity index is 2.04. The first-order chi connectivity index (χ1) is 10.4. The largest absolute Gasteiger partial charge is 0.358 e. The molecule has 2 rings (SSSR count). The van der Waals surface area contributed by atoms with Crippen LogP contribution in [0.3, 0.4) is 0 Å². The van der Waals surface area contributed by atoms with E-state index in [1.807, 2.05) is 19.0 Å². The molecule has 0 atom stereocenters. The van der Waals surface area contributed by atoms with Crippen LogP contribution in [0, 0.1) is 10.1 Å². The summed E-state index contributed by atoms with van der Waals surface area (Å²) in [6.45, 7) is 2.37. The molecule has 0 bridgehead atoms. The van der Waals surface area contributed by atoms with Crippen LogP contribution in [-0.4, -0.2) is 63.9 Å². The van der Waals surface area contributed by atoms with Gasteiger partial charge < -0.3 is 19.9 Å². The van der Waals surface area contributed by atoms with Gasteiger partial charge in [-0.15, -0.1) is 0 Å². The molecule has 2 heterocycles. The smallest absolute Gasteiger partial charge is 0.342 e. The standard InChI is InChI=1S/C14H21N5O3/c1-16(2)6-4-7-18-8-5-11(14(18)20)9-12-15-10-13(17(12)3)19(21)22/h9-10H,4-8H2,1-3H3. The first kappa shape index (κ1) is 16.2. The molecular formula is C14H21N5O3. The fraction of sp³-hybridized carbons (Fsp3) is 0.571. The van der Waals surface area contributed by atoms with Gasteiger partial charge in [-0.25, -0.2) is 9.55 Å². The molecule has 1 fully saturated rings. The van der Waals surface area contributed by atoms with Crippen molar-refractivity contribution in [3.8, 4) is 0 Å². The lowest BCUT2D eigenvalue weighted by Gasteiger charge is -2.16. The zero-order valence-electron chi connectivity index (χ0n) is 13.2. The summed E-state index contributed by atoms with van der Waals surface area (Å²) in [6.07, 6.45) is 4.45. The SMILES string of the molecule is CN(C)CCCN1CCC(=Cc2ncc([N+](=O)[O-])n2C)C1=O. The molecule has 0 spiro atoms. The maximum absolute atomic E-state index is 12.3. The zero-order chi connectivity index (χ0) is 16.3. The molecule has 1 amide bonds. The van der Waals surface area contributed by atoms with Crippen molar-refractivity contribution in [2.45, 2.75) is 12.8 Å². The van der Waals surface area contributed by atoms with Gasteiger partial charge in [0.05, 0.1) is 7.05 Å². The van der Waals surface area contributed by atoms with Crippen molar-refractivity contribution in [1.82, 2.24) is 19.4 Å². The van der Waals surface area contributed by atoms with E-state index in [0.29, 0.717) is 24.4 Å². The minimum absolute atomic E-state index is 0.00408. The summed E-state index contributed by atoms with van der Waals surface area (Å²) >= 11 is 0. The second-order valence-electron chi connectivity index (χ2n) is 5.66. The van der Waals surface area contributed by atoms with E-state index in [1.54, 1.807) is 13.1 Å². The lowest BCUT2D eigenvalue weighted by atomic mass is 10.2. The predicted octanol–water partition coefficient (Wildman–Crippen LogP) is 0.896. The summed E-state index contributed by atoms with van der Waals surface area (Å²) in [6, 6.07) is 0. The summed E-state index contributed by atoms with van der Waals surface area (Å²) in [5.74, 6) is 0.356. The number of carbonyl (C=O) groups is 1. The minimum Gasteiger partial charge on any atom is -0.358 e. The molecule has 0 radical (unpaired) electrons. The highest BCUT2D eigenvalue weighted by Gasteiger charge is 2.26. The van der Waals surface area contributed by atoms with Gasteiger partial charge in [0.25, 0.3) is 0 Å². The number of nitrogens with zero attached hydrogens (tertiary/aromatic N) is 5. The molecule has 1 aromatic rings. The van der Waals surface area contributed by atoms with Crippen LogP contribution in [-0.2, 0) is 11.8 Å². The Hall–Kier alpha value is -2.22. The summed E-state index contributed by atoms with van der Waals surface area (Å²) in [4.78, 5) is 30.6. The molecule has 0 aliphatic carbocycles. The van der Waals surface area contributed by atoms with Gasteiger partial charge in [-0.2, -0.15) is 0 Å². The number of carbonyl (C=O) groups excluding carboxylic acids is 1. The number of aromatic nitrogens is 2. The van der Waals surface area contributed by atoms with E-state index in [0.717, 1.165) is 19.5 Å². The highest BCUT2D eigenvalue weighted by atomic mass is 16.6. The molecule has 0 aromatic carbocycles. The molecule has 1 saturated heterocycles. The maximum Gasteiger partial charge on any atom is 0.342 e. The first-order valence-electron chi connectivity index (χ1n) is 7.21. The van der Waals surface area contributed by atoms with Crippen molar-refractivity contribution in [1.29, 1.82) is 0 Å². The zero-order valence-corrected chi connectivity index (χ0v) is 13.2. The maximum atomic E-state index is 12.3. The molecule has 1 aromatic heterocycles. The van der Waals surface area contributed by atoms with Gasteiger partial charge in [0, 0.05) is 24.7 Å². The average Bonchev–Trinajstić information content (AvgIpc) is 2.96. The Kier molecular flexibility index (Phi) is 4.92. The van der Waals surface area contributed by atoms with Crippen LogP contribution < -0.4 is 0 Å².